The maximum atomic E-state index is 11.4. The molecule has 0 saturated heterocycles. The Morgan fingerprint density at radius 2 is 2.21 bits per heavy atom. The predicted molar refractivity (Wildman–Crippen MR) is 53.4 cm³/mol. The van der Waals surface area contributed by atoms with Gasteiger partial charge < -0.3 is 9.84 Å². The van der Waals surface area contributed by atoms with Gasteiger partial charge in [-0.3, -0.25) is 9.00 Å². The van der Waals surface area contributed by atoms with Crippen molar-refractivity contribution in [2.75, 3.05) is 18.3 Å². The average Bonchev–Trinajstić information content (AvgIpc) is 2.80. The highest BCUT2D eigenvalue weighted by atomic mass is 32.2. The maximum absolute atomic E-state index is 11.4. The molecule has 1 saturated carbocycles. The fraction of sp³-hybridized carbons (Fsp3) is 0.889. The van der Waals surface area contributed by atoms with Gasteiger partial charge in [-0.2, -0.15) is 0 Å². The van der Waals surface area contributed by atoms with E-state index in [1.807, 2.05) is 6.92 Å². The molecule has 1 rings (SSSR count). The number of carboxylic acids is 1. The van der Waals surface area contributed by atoms with Crippen LogP contribution in [0, 0.1) is 5.41 Å². The monoisotopic (exact) mass is 220 g/mol. The van der Waals surface area contributed by atoms with Crippen molar-refractivity contribution in [3.63, 3.8) is 0 Å². The largest absolute Gasteiger partial charge is 0.481 e. The highest BCUT2D eigenvalue weighted by Crippen LogP contribution is 2.49. The number of rotatable bonds is 7. The number of carbonyl (C=O) groups is 1. The highest BCUT2D eigenvalue weighted by Gasteiger charge is 2.45. The van der Waals surface area contributed by atoms with E-state index in [1.54, 1.807) is 0 Å². The Hall–Kier alpha value is -0.420. The third-order valence-electron chi connectivity index (χ3n) is 2.37. The Kier molecular flexibility index (Phi) is 4.07. The Bertz CT molecular complexity index is 235. The summed E-state index contributed by atoms with van der Waals surface area (Å²) in [5.74, 6) is -0.0899. The molecule has 14 heavy (non-hydrogen) atoms. The predicted octanol–water partition coefficient (Wildman–Crippen LogP) is 0.984. The summed E-state index contributed by atoms with van der Waals surface area (Å²) in [7, 11) is -1.03. The van der Waals surface area contributed by atoms with Gasteiger partial charge in [0, 0.05) is 23.2 Å². The zero-order chi connectivity index (χ0) is 10.6. The third-order valence-corrected chi connectivity index (χ3v) is 3.73. The average molecular weight is 220 g/mol. The second kappa shape index (κ2) is 4.89. The molecule has 1 unspecified atom stereocenters. The van der Waals surface area contributed by atoms with Crippen LogP contribution in [0.15, 0.2) is 0 Å². The first-order chi connectivity index (χ1) is 6.58. The number of hydrogen-bond acceptors (Lipinski definition) is 3. The first-order valence-electron chi connectivity index (χ1n) is 4.72. The van der Waals surface area contributed by atoms with Crippen LogP contribution in [0.5, 0.6) is 0 Å². The zero-order valence-electron chi connectivity index (χ0n) is 8.32. The van der Waals surface area contributed by atoms with Crippen LogP contribution in [0.1, 0.15) is 26.2 Å². The molecule has 0 spiro atoms. The Morgan fingerprint density at radius 1 is 1.57 bits per heavy atom. The normalized spacial score (nSPS) is 20.4. The summed E-state index contributed by atoms with van der Waals surface area (Å²) in [5.41, 5.74) is -0.187. The first-order valence-corrected chi connectivity index (χ1v) is 6.21. The van der Waals surface area contributed by atoms with Gasteiger partial charge in [-0.05, 0) is 25.2 Å². The summed E-state index contributed by atoms with van der Waals surface area (Å²) in [6.45, 7) is 2.40. The minimum absolute atomic E-state index is 0.144. The van der Waals surface area contributed by atoms with Crippen LogP contribution >= 0.6 is 0 Å². The fourth-order valence-corrected chi connectivity index (χ4v) is 2.94. The topological polar surface area (TPSA) is 63.6 Å². The Labute approximate surface area is 86.1 Å². The van der Waals surface area contributed by atoms with Gasteiger partial charge in [-0.1, -0.05) is 0 Å². The molecule has 1 N–H and O–H groups in total. The van der Waals surface area contributed by atoms with E-state index in [0.717, 1.165) is 12.8 Å². The van der Waals surface area contributed by atoms with Crippen LogP contribution in [0.2, 0.25) is 0 Å². The van der Waals surface area contributed by atoms with Gasteiger partial charge in [0.1, 0.15) is 5.94 Å². The molecule has 1 fully saturated rings. The van der Waals surface area contributed by atoms with E-state index >= 15 is 0 Å². The van der Waals surface area contributed by atoms with Crippen LogP contribution in [0.3, 0.4) is 0 Å². The fourth-order valence-electron chi connectivity index (χ4n) is 1.43. The van der Waals surface area contributed by atoms with Gasteiger partial charge in [0.15, 0.2) is 0 Å². The summed E-state index contributed by atoms with van der Waals surface area (Å²) in [6, 6.07) is 0. The summed E-state index contributed by atoms with van der Waals surface area (Å²) < 4.78 is 16.5. The number of hydrogen-bond donors (Lipinski definition) is 1. The minimum Gasteiger partial charge on any atom is -0.481 e. The van der Waals surface area contributed by atoms with Crippen LogP contribution in [0.25, 0.3) is 0 Å². The lowest BCUT2D eigenvalue weighted by Gasteiger charge is -2.11. The molecule has 0 aromatic carbocycles. The van der Waals surface area contributed by atoms with Gasteiger partial charge in [0.2, 0.25) is 0 Å². The van der Waals surface area contributed by atoms with Gasteiger partial charge in [-0.25, -0.2) is 0 Å². The number of aliphatic carboxylic acids is 1. The summed E-state index contributed by atoms with van der Waals surface area (Å²) in [4.78, 5) is 10.5. The highest BCUT2D eigenvalue weighted by molar-refractivity contribution is 7.84. The SMILES string of the molecule is CCOCS(=O)CC1(CC(=O)O)CC1. The molecule has 5 heteroatoms. The van der Waals surface area contributed by atoms with E-state index in [-0.39, 0.29) is 17.8 Å². The number of ether oxygens (including phenoxy) is 1. The zero-order valence-corrected chi connectivity index (χ0v) is 9.14. The molecule has 0 aromatic heterocycles. The third kappa shape index (κ3) is 3.75. The molecule has 1 aliphatic rings. The Morgan fingerprint density at radius 3 is 2.64 bits per heavy atom. The van der Waals surface area contributed by atoms with Crippen molar-refractivity contribution >= 4 is 16.8 Å². The molecule has 1 aliphatic carbocycles. The van der Waals surface area contributed by atoms with Crippen LogP contribution in [-0.4, -0.2) is 33.6 Å². The molecule has 0 aliphatic heterocycles. The second-order valence-corrected chi connectivity index (χ2v) is 5.17. The minimum atomic E-state index is -1.03. The molecule has 0 aromatic rings. The van der Waals surface area contributed by atoms with Crippen molar-refractivity contribution in [3.05, 3.63) is 0 Å². The van der Waals surface area contributed by atoms with Gasteiger partial charge in [-0.15, -0.1) is 0 Å². The van der Waals surface area contributed by atoms with E-state index < -0.39 is 16.8 Å². The van der Waals surface area contributed by atoms with Crippen LogP contribution in [0.4, 0.5) is 0 Å². The molecule has 1 atom stereocenters. The standard InChI is InChI=1S/C9H16O4S/c1-2-13-7-14(12)6-9(3-4-9)5-8(10)11/h2-7H2,1H3,(H,10,11). The van der Waals surface area contributed by atoms with Crippen molar-refractivity contribution < 1.29 is 18.8 Å². The van der Waals surface area contributed by atoms with E-state index in [1.165, 1.54) is 0 Å². The van der Waals surface area contributed by atoms with E-state index in [4.69, 9.17) is 9.84 Å². The number of carboxylic acid groups (broad SMARTS) is 1. The molecule has 4 nitrogen and oxygen atoms in total. The molecule has 82 valence electrons. The van der Waals surface area contributed by atoms with Crippen LogP contribution in [-0.2, 0) is 20.3 Å². The summed E-state index contributed by atoms with van der Waals surface area (Å²) in [5, 5.41) is 8.65. The van der Waals surface area contributed by atoms with Crippen molar-refractivity contribution in [1.29, 1.82) is 0 Å². The molecular formula is C9H16O4S. The van der Waals surface area contributed by atoms with E-state index in [0.29, 0.717) is 12.4 Å². The summed E-state index contributed by atoms with van der Waals surface area (Å²) in [6.07, 6.45) is 1.92. The summed E-state index contributed by atoms with van der Waals surface area (Å²) >= 11 is 0. The van der Waals surface area contributed by atoms with Crippen LogP contribution < -0.4 is 0 Å². The molecule has 0 bridgehead atoms. The lowest BCUT2D eigenvalue weighted by atomic mass is 10.1. The van der Waals surface area contributed by atoms with Crippen molar-refractivity contribution in [3.8, 4) is 0 Å². The van der Waals surface area contributed by atoms with E-state index in [2.05, 4.69) is 0 Å². The lowest BCUT2D eigenvalue weighted by Crippen LogP contribution is -2.19. The van der Waals surface area contributed by atoms with Crippen molar-refractivity contribution in [1.82, 2.24) is 0 Å². The molecule has 0 heterocycles. The lowest BCUT2D eigenvalue weighted by molar-refractivity contribution is -0.138. The van der Waals surface area contributed by atoms with E-state index in [9.17, 15) is 9.00 Å². The van der Waals surface area contributed by atoms with Gasteiger partial charge >= 0.3 is 5.97 Å². The quantitative estimate of drug-likeness (QED) is 0.694. The smallest absolute Gasteiger partial charge is 0.303 e. The Balaban J connectivity index is 2.28. The second-order valence-electron chi connectivity index (χ2n) is 3.77. The van der Waals surface area contributed by atoms with Gasteiger partial charge in [0.05, 0.1) is 6.42 Å². The molecular weight excluding hydrogens is 204 g/mol. The molecule has 0 radical (unpaired) electrons. The first kappa shape index (κ1) is 11.7. The van der Waals surface area contributed by atoms with Crippen molar-refractivity contribution in [2.24, 2.45) is 5.41 Å². The molecule has 0 amide bonds. The van der Waals surface area contributed by atoms with Gasteiger partial charge in [0.25, 0.3) is 0 Å². The van der Waals surface area contributed by atoms with Crippen molar-refractivity contribution in [2.45, 2.75) is 26.2 Å². The maximum Gasteiger partial charge on any atom is 0.303 e.